The van der Waals surface area contributed by atoms with Crippen molar-refractivity contribution in [3.05, 3.63) is 22.7 Å². The lowest BCUT2D eigenvalue weighted by Crippen LogP contribution is -2.53. The largest absolute Gasteiger partial charge is 0.479 e. The summed E-state index contributed by atoms with van der Waals surface area (Å²) in [5.74, 6) is -0.590. The van der Waals surface area contributed by atoms with E-state index in [1.54, 1.807) is 21.9 Å². The summed E-state index contributed by atoms with van der Waals surface area (Å²) < 4.78 is 1.55. The fourth-order valence-electron chi connectivity index (χ4n) is 3.06. The lowest BCUT2D eigenvalue weighted by atomic mass is 9.90. The van der Waals surface area contributed by atoms with Crippen molar-refractivity contribution in [3.8, 4) is 0 Å². The van der Waals surface area contributed by atoms with E-state index < -0.39 is 11.5 Å². The van der Waals surface area contributed by atoms with Crippen molar-refractivity contribution >= 4 is 11.8 Å². The molecule has 2 heterocycles. The molecule has 0 spiro atoms. The third-order valence-electron chi connectivity index (χ3n) is 4.04. The Bertz CT molecular complexity index is 555. The molecular formula is C14H21N3O3. The summed E-state index contributed by atoms with van der Waals surface area (Å²) in [5, 5.41) is 9.67. The molecule has 20 heavy (non-hydrogen) atoms. The zero-order chi connectivity index (χ0) is 14.8. The first-order valence-electron chi connectivity index (χ1n) is 7.13. The molecular weight excluding hydrogens is 258 g/mol. The maximum Gasteiger partial charge on any atom is 0.329 e. The topological polar surface area (TPSA) is 75.4 Å². The molecule has 0 amide bonds. The van der Waals surface area contributed by atoms with E-state index in [2.05, 4.69) is 4.98 Å². The number of aromatic nitrogens is 2. The van der Waals surface area contributed by atoms with Gasteiger partial charge in [0.25, 0.3) is 5.56 Å². The first kappa shape index (κ1) is 14.6. The molecule has 6 nitrogen and oxygen atoms in total. The van der Waals surface area contributed by atoms with Gasteiger partial charge >= 0.3 is 5.97 Å². The van der Waals surface area contributed by atoms with Crippen LogP contribution in [-0.2, 0) is 11.3 Å². The highest BCUT2D eigenvalue weighted by Gasteiger charge is 2.48. The molecule has 1 unspecified atom stereocenters. The summed E-state index contributed by atoms with van der Waals surface area (Å²) in [4.78, 5) is 30.0. The molecule has 0 aliphatic carbocycles. The number of hydrogen-bond acceptors (Lipinski definition) is 4. The molecule has 0 radical (unpaired) electrons. The molecule has 1 aliphatic heterocycles. The molecule has 0 aromatic carbocycles. The van der Waals surface area contributed by atoms with Crippen LogP contribution in [0.1, 0.15) is 39.5 Å². The summed E-state index contributed by atoms with van der Waals surface area (Å²) in [7, 11) is 0. The van der Waals surface area contributed by atoms with Gasteiger partial charge in [0, 0.05) is 25.5 Å². The van der Waals surface area contributed by atoms with E-state index in [1.807, 2.05) is 13.8 Å². The first-order valence-corrected chi connectivity index (χ1v) is 7.13. The Morgan fingerprint density at radius 2 is 2.25 bits per heavy atom. The Kier molecular flexibility index (Phi) is 4.11. The van der Waals surface area contributed by atoms with Gasteiger partial charge in [-0.1, -0.05) is 13.3 Å². The standard InChI is InChI=1S/C14H21N3O3/c1-3-6-14(13(19)20)7-5-9-17(14)11-12(18)16(4-2)10-8-15-11/h8,10H,3-7,9H2,1-2H3,(H,19,20). The number of nitrogens with zero attached hydrogens (tertiary/aromatic N) is 3. The van der Waals surface area contributed by atoms with Crippen molar-refractivity contribution in [2.24, 2.45) is 0 Å². The van der Waals surface area contributed by atoms with E-state index >= 15 is 0 Å². The molecule has 1 saturated heterocycles. The number of carboxylic acid groups (broad SMARTS) is 1. The van der Waals surface area contributed by atoms with Gasteiger partial charge < -0.3 is 14.6 Å². The molecule has 2 rings (SSSR count). The van der Waals surface area contributed by atoms with Gasteiger partial charge in [-0.25, -0.2) is 9.78 Å². The third kappa shape index (κ3) is 2.19. The second-order valence-electron chi connectivity index (χ2n) is 5.18. The lowest BCUT2D eigenvalue weighted by molar-refractivity contribution is -0.143. The Morgan fingerprint density at radius 3 is 2.85 bits per heavy atom. The van der Waals surface area contributed by atoms with Gasteiger partial charge in [-0.05, 0) is 26.2 Å². The lowest BCUT2D eigenvalue weighted by Gasteiger charge is -2.35. The second-order valence-corrected chi connectivity index (χ2v) is 5.18. The van der Waals surface area contributed by atoms with Gasteiger partial charge in [-0.2, -0.15) is 0 Å². The SMILES string of the molecule is CCCC1(C(=O)O)CCCN1c1nccn(CC)c1=O. The highest BCUT2D eigenvalue weighted by atomic mass is 16.4. The Morgan fingerprint density at radius 1 is 1.50 bits per heavy atom. The van der Waals surface area contributed by atoms with Crippen LogP contribution >= 0.6 is 0 Å². The predicted molar refractivity (Wildman–Crippen MR) is 76.0 cm³/mol. The molecule has 1 aromatic rings. The molecule has 0 bridgehead atoms. The number of carboxylic acids is 1. The normalized spacial score (nSPS) is 22.2. The van der Waals surface area contributed by atoms with Crippen LogP contribution < -0.4 is 10.5 Å². The molecule has 1 atom stereocenters. The van der Waals surface area contributed by atoms with Crippen molar-refractivity contribution in [2.75, 3.05) is 11.4 Å². The van der Waals surface area contributed by atoms with Gasteiger partial charge in [0.1, 0.15) is 5.54 Å². The number of rotatable bonds is 5. The zero-order valence-corrected chi connectivity index (χ0v) is 12.0. The molecule has 1 N–H and O–H groups in total. The summed E-state index contributed by atoms with van der Waals surface area (Å²) in [6.45, 7) is 4.97. The van der Waals surface area contributed by atoms with Crippen molar-refractivity contribution in [1.82, 2.24) is 9.55 Å². The average molecular weight is 279 g/mol. The summed E-state index contributed by atoms with van der Waals surface area (Å²) >= 11 is 0. The summed E-state index contributed by atoms with van der Waals surface area (Å²) in [6.07, 6.45) is 5.83. The van der Waals surface area contributed by atoms with Gasteiger partial charge in [-0.15, -0.1) is 0 Å². The molecule has 110 valence electrons. The monoisotopic (exact) mass is 279 g/mol. The van der Waals surface area contributed by atoms with E-state index in [-0.39, 0.29) is 11.4 Å². The van der Waals surface area contributed by atoms with Crippen LogP contribution in [-0.4, -0.2) is 32.7 Å². The van der Waals surface area contributed by atoms with Crippen molar-refractivity contribution in [3.63, 3.8) is 0 Å². The zero-order valence-electron chi connectivity index (χ0n) is 12.0. The fraction of sp³-hybridized carbons (Fsp3) is 0.643. The second kappa shape index (κ2) is 5.64. The Hall–Kier alpha value is -1.85. The first-order chi connectivity index (χ1) is 9.56. The highest BCUT2D eigenvalue weighted by Crippen LogP contribution is 2.35. The van der Waals surface area contributed by atoms with E-state index in [4.69, 9.17) is 0 Å². The number of aryl methyl sites for hydroxylation is 1. The van der Waals surface area contributed by atoms with E-state index in [9.17, 15) is 14.7 Å². The van der Waals surface area contributed by atoms with Crippen LogP contribution in [0.3, 0.4) is 0 Å². The fourth-order valence-corrected chi connectivity index (χ4v) is 3.06. The van der Waals surface area contributed by atoms with Crippen LogP contribution in [0.5, 0.6) is 0 Å². The maximum absolute atomic E-state index is 12.4. The van der Waals surface area contributed by atoms with Crippen LogP contribution in [0.4, 0.5) is 5.82 Å². The van der Waals surface area contributed by atoms with E-state index in [0.29, 0.717) is 25.9 Å². The number of hydrogen-bond donors (Lipinski definition) is 1. The number of anilines is 1. The van der Waals surface area contributed by atoms with Crippen LogP contribution in [0, 0.1) is 0 Å². The summed E-state index contributed by atoms with van der Waals surface area (Å²) in [6, 6.07) is 0. The Balaban J connectivity index is 2.50. The third-order valence-corrected chi connectivity index (χ3v) is 4.04. The van der Waals surface area contributed by atoms with E-state index in [1.165, 1.54) is 0 Å². The Labute approximate surface area is 118 Å². The maximum atomic E-state index is 12.4. The smallest absolute Gasteiger partial charge is 0.329 e. The van der Waals surface area contributed by atoms with Crippen LogP contribution in [0.2, 0.25) is 0 Å². The number of aliphatic carboxylic acids is 1. The van der Waals surface area contributed by atoms with Gasteiger partial charge in [-0.3, -0.25) is 4.79 Å². The number of carbonyl (C=O) groups is 1. The highest BCUT2D eigenvalue weighted by molar-refractivity contribution is 5.84. The van der Waals surface area contributed by atoms with Crippen molar-refractivity contribution < 1.29 is 9.90 Å². The van der Waals surface area contributed by atoms with Crippen molar-refractivity contribution in [2.45, 2.75) is 51.6 Å². The minimum Gasteiger partial charge on any atom is -0.479 e. The molecule has 1 aliphatic rings. The molecule has 0 saturated carbocycles. The van der Waals surface area contributed by atoms with Gasteiger partial charge in [0.05, 0.1) is 0 Å². The van der Waals surface area contributed by atoms with Crippen molar-refractivity contribution in [1.29, 1.82) is 0 Å². The van der Waals surface area contributed by atoms with Gasteiger partial charge in [0.2, 0.25) is 0 Å². The van der Waals surface area contributed by atoms with E-state index in [0.717, 1.165) is 12.8 Å². The minimum absolute atomic E-state index is 0.210. The van der Waals surface area contributed by atoms with Crippen LogP contribution in [0.15, 0.2) is 17.2 Å². The summed E-state index contributed by atoms with van der Waals surface area (Å²) in [5.41, 5.74) is -1.19. The molecule has 1 fully saturated rings. The van der Waals surface area contributed by atoms with Crippen LogP contribution in [0.25, 0.3) is 0 Å². The minimum atomic E-state index is -0.978. The quantitative estimate of drug-likeness (QED) is 0.883. The molecule has 1 aromatic heterocycles. The molecule has 6 heteroatoms. The average Bonchev–Trinajstić information content (AvgIpc) is 2.84. The van der Waals surface area contributed by atoms with Gasteiger partial charge in [0.15, 0.2) is 5.82 Å². The predicted octanol–water partition coefficient (Wildman–Crippen LogP) is 1.49.